The number of methoxy groups -OCH3 is 1. The number of aromatic nitrogens is 1. The first-order valence-corrected chi connectivity index (χ1v) is 8.12. The van der Waals surface area contributed by atoms with Gasteiger partial charge in [-0.3, -0.25) is 0 Å². The minimum Gasteiger partial charge on any atom is -0.464 e. The first-order valence-electron chi connectivity index (χ1n) is 5.53. The first kappa shape index (κ1) is 14.6. The fourth-order valence-corrected chi connectivity index (χ4v) is 3.55. The molecule has 0 aliphatic carbocycles. The van der Waals surface area contributed by atoms with Crippen molar-refractivity contribution in [3.8, 4) is 0 Å². The second-order valence-electron chi connectivity index (χ2n) is 3.75. The molecule has 2 rings (SSSR count). The summed E-state index contributed by atoms with van der Waals surface area (Å²) >= 11 is 6.64. The lowest BCUT2D eigenvalue weighted by Gasteiger charge is -1.99. The van der Waals surface area contributed by atoms with Crippen LogP contribution < -0.4 is 0 Å². The number of nitrogens with zero attached hydrogens (tertiary/aromatic N) is 1. The van der Waals surface area contributed by atoms with Crippen molar-refractivity contribution in [2.24, 2.45) is 0 Å². The minimum absolute atomic E-state index is 0.367. The van der Waals surface area contributed by atoms with Crippen molar-refractivity contribution < 1.29 is 9.53 Å². The molecule has 0 amide bonds. The van der Waals surface area contributed by atoms with E-state index >= 15 is 0 Å². The molecule has 2 aromatic rings. The van der Waals surface area contributed by atoms with Gasteiger partial charge in [-0.15, -0.1) is 23.1 Å². The number of benzene rings is 1. The molecule has 100 valence electrons. The summed E-state index contributed by atoms with van der Waals surface area (Å²) in [5, 5.41) is 0.936. The highest BCUT2D eigenvalue weighted by molar-refractivity contribution is 9.10. The molecule has 0 saturated heterocycles. The Balaban J connectivity index is 2.04. The normalized spacial score (nSPS) is 10.5. The maximum absolute atomic E-state index is 11.5. The lowest BCUT2D eigenvalue weighted by molar-refractivity contribution is 0.0594. The van der Waals surface area contributed by atoms with Crippen LogP contribution in [0.1, 0.15) is 20.4 Å². The quantitative estimate of drug-likeness (QED) is 0.604. The number of rotatable bonds is 4. The lowest BCUT2D eigenvalue weighted by atomic mass is 10.4. The Morgan fingerprint density at radius 1 is 1.42 bits per heavy atom. The van der Waals surface area contributed by atoms with Gasteiger partial charge in [0.05, 0.1) is 12.9 Å². The van der Waals surface area contributed by atoms with Crippen LogP contribution >= 0.6 is 39.0 Å². The van der Waals surface area contributed by atoms with Crippen molar-refractivity contribution in [1.82, 2.24) is 4.98 Å². The zero-order chi connectivity index (χ0) is 13.8. The van der Waals surface area contributed by atoms with E-state index < -0.39 is 0 Å². The largest absolute Gasteiger partial charge is 0.464 e. The second-order valence-corrected chi connectivity index (χ2v) is 7.00. The summed E-state index contributed by atoms with van der Waals surface area (Å²) in [4.78, 5) is 17.9. The molecule has 0 fully saturated rings. The molecule has 0 aliphatic rings. The molecular weight excluding hydrogens is 346 g/mol. The number of ether oxygens (including phenoxy) is 1. The lowest BCUT2D eigenvalue weighted by Crippen LogP contribution is -2.03. The van der Waals surface area contributed by atoms with Gasteiger partial charge in [0.15, 0.2) is 5.69 Å². The fraction of sp³-hybridized carbons (Fsp3) is 0.231. The number of esters is 1. The molecule has 0 unspecified atom stereocenters. The predicted molar refractivity (Wildman–Crippen MR) is 81.9 cm³/mol. The van der Waals surface area contributed by atoms with E-state index in [2.05, 4.69) is 33.0 Å². The van der Waals surface area contributed by atoms with E-state index in [9.17, 15) is 4.79 Å². The fourth-order valence-electron chi connectivity index (χ4n) is 1.47. The standard InChI is InChI=1S/C13H12BrNO2S2/c1-8-12(13(16)17-2)15-11(19-8)7-18-10-5-3-9(14)4-6-10/h3-6H,7H2,1-2H3. The molecule has 0 spiro atoms. The van der Waals surface area contributed by atoms with Crippen molar-refractivity contribution in [2.75, 3.05) is 7.11 Å². The highest BCUT2D eigenvalue weighted by atomic mass is 79.9. The summed E-state index contributed by atoms with van der Waals surface area (Å²) in [6.45, 7) is 1.89. The van der Waals surface area contributed by atoms with Crippen molar-refractivity contribution in [1.29, 1.82) is 0 Å². The van der Waals surface area contributed by atoms with E-state index in [1.54, 1.807) is 11.8 Å². The van der Waals surface area contributed by atoms with Gasteiger partial charge in [0.2, 0.25) is 0 Å². The zero-order valence-electron chi connectivity index (χ0n) is 10.5. The van der Waals surface area contributed by atoms with E-state index in [-0.39, 0.29) is 5.97 Å². The summed E-state index contributed by atoms with van der Waals surface area (Å²) in [7, 11) is 1.37. The highest BCUT2D eigenvalue weighted by Gasteiger charge is 2.15. The number of thiazole rings is 1. The van der Waals surface area contributed by atoms with Crippen LogP contribution in [0.15, 0.2) is 33.6 Å². The molecule has 0 aliphatic heterocycles. The van der Waals surface area contributed by atoms with Crippen molar-refractivity contribution in [3.05, 3.63) is 44.3 Å². The molecule has 0 bridgehead atoms. The molecule has 0 N–H and O–H groups in total. The molecule has 19 heavy (non-hydrogen) atoms. The van der Waals surface area contributed by atoms with Gasteiger partial charge in [0, 0.05) is 14.2 Å². The number of carbonyl (C=O) groups is 1. The number of carbonyl (C=O) groups excluding carboxylic acids is 1. The Hall–Kier alpha value is -0.850. The van der Waals surface area contributed by atoms with E-state index in [1.807, 2.05) is 19.1 Å². The highest BCUT2D eigenvalue weighted by Crippen LogP contribution is 2.27. The van der Waals surface area contributed by atoms with Crippen LogP contribution in [0.2, 0.25) is 0 Å². The van der Waals surface area contributed by atoms with E-state index in [4.69, 9.17) is 4.74 Å². The van der Waals surface area contributed by atoms with Gasteiger partial charge in [0.1, 0.15) is 5.01 Å². The SMILES string of the molecule is COC(=O)c1nc(CSc2ccc(Br)cc2)sc1C. The van der Waals surface area contributed by atoms with Crippen molar-refractivity contribution in [2.45, 2.75) is 17.6 Å². The maximum Gasteiger partial charge on any atom is 0.357 e. The third-order valence-electron chi connectivity index (χ3n) is 2.40. The molecule has 1 aromatic carbocycles. The van der Waals surface area contributed by atoms with Crippen LogP contribution in [0.4, 0.5) is 0 Å². The van der Waals surface area contributed by atoms with Crippen molar-refractivity contribution in [3.63, 3.8) is 0 Å². The Bertz CT molecular complexity index is 581. The molecule has 6 heteroatoms. The molecule has 0 atom stereocenters. The van der Waals surface area contributed by atoms with E-state index in [0.29, 0.717) is 5.69 Å². The van der Waals surface area contributed by atoms with Crippen LogP contribution in [0.25, 0.3) is 0 Å². The average molecular weight is 358 g/mol. The minimum atomic E-state index is -0.367. The second kappa shape index (κ2) is 6.54. The van der Waals surface area contributed by atoms with Gasteiger partial charge < -0.3 is 4.74 Å². The first-order chi connectivity index (χ1) is 9.10. The van der Waals surface area contributed by atoms with Crippen LogP contribution in [-0.4, -0.2) is 18.1 Å². The van der Waals surface area contributed by atoms with Gasteiger partial charge >= 0.3 is 5.97 Å². The summed E-state index contributed by atoms with van der Waals surface area (Å²) in [6, 6.07) is 8.12. The zero-order valence-corrected chi connectivity index (χ0v) is 13.7. The van der Waals surface area contributed by atoms with Gasteiger partial charge in [0.25, 0.3) is 0 Å². The molecule has 0 saturated carbocycles. The van der Waals surface area contributed by atoms with Crippen molar-refractivity contribution >= 4 is 45.0 Å². The average Bonchev–Trinajstić information content (AvgIpc) is 2.78. The topological polar surface area (TPSA) is 39.2 Å². The summed E-state index contributed by atoms with van der Waals surface area (Å²) in [6.07, 6.45) is 0. The third kappa shape index (κ3) is 3.81. The monoisotopic (exact) mass is 357 g/mol. The summed E-state index contributed by atoms with van der Waals surface area (Å²) in [5.41, 5.74) is 0.430. The summed E-state index contributed by atoms with van der Waals surface area (Å²) in [5.74, 6) is 0.387. The number of aryl methyl sites for hydroxylation is 1. The van der Waals surface area contributed by atoms with Gasteiger partial charge in [-0.25, -0.2) is 9.78 Å². The summed E-state index contributed by atoms with van der Waals surface area (Å²) < 4.78 is 5.76. The smallest absolute Gasteiger partial charge is 0.357 e. The van der Waals surface area contributed by atoms with E-state index in [1.165, 1.54) is 23.3 Å². The number of halogens is 1. The number of hydrogen-bond donors (Lipinski definition) is 0. The predicted octanol–water partition coefficient (Wildman–Crippen LogP) is 4.29. The van der Waals surface area contributed by atoms with Crippen LogP contribution in [-0.2, 0) is 10.5 Å². The molecular formula is C13H12BrNO2S2. The van der Waals surface area contributed by atoms with E-state index in [0.717, 1.165) is 20.1 Å². The Morgan fingerprint density at radius 2 is 2.11 bits per heavy atom. The number of hydrogen-bond acceptors (Lipinski definition) is 5. The number of thioether (sulfide) groups is 1. The van der Waals surface area contributed by atoms with Gasteiger partial charge in [-0.1, -0.05) is 15.9 Å². The molecule has 1 heterocycles. The van der Waals surface area contributed by atoms with Crippen LogP contribution in [0.3, 0.4) is 0 Å². The molecule has 3 nitrogen and oxygen atoms in total. The Labute approximate surface area is 128 Å². The van der Waals surface area contributed by atoms with Crippen LogP contribution in [0.5, 0.6) is 0 Å². The Morgan fingerprint density at radius 3 is 2.74 bits per heavy atom. The van der Waals surface area contributed by atoms with Gasteiger partial charge in [-0.2, -0.15) is 0 Å². The molecule has 1 aromatic heterocycles. The third-order valence-corrected chi connectivity index (χ3v) is 5.10. The Kier molecular flexibility index (Phi) is 5.01. The van der Waals surface area contributed by atoms with Gasteiger partial charge in [-0.05, 0) is 31.2 Å². The molecule has 0 radical (unpaired) electrons. The van der Waals surface area contributed by atoms with Crippen LogP contribution in [0, 0.1) is 6.92 Å². The maximum atomic E-state index is 11.5.